The first-order valence-electron chi connectivity index (χ1n) is 6.76. The van der Waals surface area contributed by atoms with Crippen LogP contribution in [0.5, 0.6) is 0 Å². The van der Waals surface area contributed by atoms with E-state index >= 15 is 0 Å². The predicted octanol–water partition coefficient (Wildman–Crippen LogP) is 2.22. The minimum Gasteiger partial charge on any atom is -0.370 e. The summed E-state index contributed by atoms with van der Waals surface area (Å²) >= 11 is 6.04. The van der Waals surface area contributed by atoms with Crippen LogP contribution in [0.15, 0.2) is 24.5 Å². The van der Waals surface area contributed by atoms with Gasteiger partial charge in [0.2, 0.25) is 0 Å². The summed E-state index contributed by atoms with van der Waals surface area (Å²) in [6.07, 6.45) is 4.52. The molecule has 0 aliphatic carbocycles. The molecule has 112 valence electrons. The van der Waals surface area contributed by atoms with E-state index < -0.39 is 0 Å². The zero-order valence-corrected chi connectivity index (χ0v) is 12.8. The van der Waals surface area contributed by atoms with Crippen molar-refractivity contribution in [3.63, 3.8) is 0 Å². The van der Waals surface area contributed by atoms with Gasteiger partial charge in [-0.05, 0) is 18.6 Å². The molecule has 0 bridgehead atoms. The number of aromatic nitrogens is 3. The number of carbonyl (C=O) groups excluding carboxylic acids is 1. The largest absolute Gasteiger partial charge is 0.370 e. The van der Waals surface area contributed by atoms with Crippen LogP contribution >= 0.6 is 11.6 Å². The molecule has 2 heterocycles. The quantitative estimate of drug-likeness (QED) is 0.858. The molecule has 0 aliphatic heterocycles. The smallest absolute Gasteiger partial charge is 0.271 e. The second kappa shape index (κ2) is 7.08. The number of rotatable bonds is 6. The lowest BCUT2D eigenvalue weighted by molar-refractivity contribution is 0.0946. The number of halogens is 1. The number of hydrogen-bond acceptors (Lipinski definition) is 4. The fraction of sp³-hybridized carbons (Fsp3) is 0.357. The highest BCUT2D eigenvalue weighted by atomic mass is 35.5. The Balaban J connectivity index is 2.03. The van der Waals surface area contributed by atoms with Crippen LogP contribution in [-0.4, -0.2) is 27.2 Å². The molecule has 1 amide bonds. The van der Waals surface area contributed by atoms with Crippen molar-refractivity contribution in [3.05, 3.63) is 40.8 Å². The van der Waals surface area contributed by atoms with Crippen LogP contribution in [0.1, 0.15) is 29.4 Å². The van der Waals surface area contributed by atoms with Crippen molar-refractivity contribution in [1.29, 1.82) is 0 Å². The van der Waals surface area contributed by atoms with Crippen LogP contribution in [0.25, 0.3) is 0 Å². The van der Waals surface area contributed by atoms with E-state index in [1.165, 1.54) is 0 Å². The molecule has 0 fully saturated rings. The second-order valence-corrected chi connectivity index (χ2v) is 5.07. The molecule has 0 radical (unpaired) electrons. The molecule has 0 aromatic carbocycles. The molecule has 0 atom stereocenters. The van der Waals surface area contributed by atoms with E-state index in [4.69, 9.17) is 11.6 Å². The molecule has 6 nitrogen and oxygen atoms in total. The summed E-state index contributed by atoms with van der Waals surface area (Å²) in [5.74, 6) is 0.344. The lowest BCUT2D eigenvalue weighted by atomic mass is 10.3. The van der Waals surface area contributed by atoms with Crippen molar-refractivity contribution in [3.8, 4) is 0 Å². The molecular weight excluding hydrogens is 290 g/mol. The number of carbonyl (C=O) groups is 1. The van der Waals surface area contributed by atoms with E-state index in [1.807, 2.05) is 13.2 Å². The summed E-state index contributed by atoms with van der Waals surface area (Å²) in [7, 11) is 1.83. The number of aryl methyl sites for hydroxylation is 1. The zero-order valence-electron chi connectivity index (χ0n) is 12.1. The first-order valence-corrected chi connectivity index (χ1v) is 7.14. The molecule has 2 aromatic rings. The summed E-state index contributed by atoms with van der Waals surface area (Å²) in [4.78, 5) is 16.4. The van der Waals surface area contributed by atoms with Crippen molar-refractivity contribution < 1.29 is 4.79 Å². The van der Waals surface area contributed by atoms with Gasteiger partial charge in [0.25, 0.3) is 5.91 Å². The molecule has 0 saturated carbocycles. The fourth-order valence-corrected chi connectivity index (χ4v) is 1.97. The molecule has 2 aromatic heterocycles. The van der Waals surface area contributed by atoms with E-state index in [0.29, 0.717) is 17.4 Å². The third-order valence-corrected chi connectivity index (χ3v) is 3.13. The molecule has 21 heavy (non-hydrogen) atoms. The average Bonchev–Trinajstić information content (AvgIpc) is 2.89. The van der Waals surface area contributed by atoms with Gasteiger partial charge in [-0.2, -0.15) is 5.10 Å². The maximum atomic E-state index is 12.2. The van der Waals surface area contributed by atoms with Gasteiger partial charge in [0, 0.05) is 31.9 Å². The van der Waals surface area contributed by atoms with Crippen LogP contribution in [0.2, 0.25) is 5.02 Å². The number of hydrogen-bond donors (Lipinski definition) is 2. The van der Waals surface area contributed by atoms with E-state index in [9.17, 15) is 4.79 Å². The van der Waals surface area contributed by atoms with Crippen molar-refractivity contribution in [1.82, 2.24) is 20.1 Å². The summed E-state index contributed by atoms with van der Waals surface area (Å²) in [5.41, 5.74) is 1.14. The molecule has 0 aliphatic rings. The lowest BCUT2D eigenvalue weighted by Gasteiger charge is -2.08. The fourth-order valence-electron chi connectivity index (χ4n) is 1.78. The monoisotopic (exact) mass is 307 g/mol. The minimum atomic E-state index is -0.302. The van der Waals surface area contributed by atoms with Crippen LogP contribution in [0, 0.1) is 0 Å². The van der Waals surface area contributed by atoms with Gasteiger partial charge in [-0.25, -0.2) is 4.98 Å². The Bertz CT molecular complexity index is 626. The third kappa shape index (κ3) is 4.19. The highest BCUT2D eigenvalue weighted by molar-refractivity contribution is 6.33. The summed E-state index contributed by atoms with van der Waals surface area (Å²) < 4.78 is 1.68. The van der Waals surface area contributed by atoms with Crippen LogP contribution in [0.3, 0.4) is 0 Å². The Hall–Kier alpha value is -2.08. The Morgan fingerprint density at radius 1 is 1.43 bits per heavy atom. The molecule has 2 rings (SSSR count). The van der Waals surface area contributed by atoms with Gasteiger partial charge in [-0.1, -0.05) is 18.5 Å². The maximum Gasteiger partial charge on any atom is 0.271 e. The number of nitrogens with zero attached hydrogens (tertiary/aromatic N) is 3. The molecular formula is C14H18ClN5O. The minimum absolute atomic E-state index is 0.224. The first-order chi connectivity index (χ1) is 10.1. The van der Waals surface area contributed by atoms with E-state index in [-0.39, 0.29) is 11.6 Å². The van der Waals surface area contributed by atoms with Crippen molar-refractivity contribution >= 4 is 23.3 Å². The van der Waals surface area contributed by atoms with Gasteiger partial charge >= 0.3 is 0 Å². The standard InChI is InChI=1S/C14H18ClN5O/c1-3-6-16-12-5-4-11(15)13(19-12)14(21)17-7-10-8-18-20(2)9-10/h4-5,8-9H,3,6-7H2,1-2H3,(H,16,19)(H,17,21). The SMILES string of the molecule is CCCNc1ccc(Cl)c(C(=O)NCc2cnn(C)c2)n1. The van der Waals surface area contributed by atoms with Gasteiger partial charge in [-0.3, -0.25) is 9.48 Å². The maximum absolute atomic E-state index is 12.2. The van der Waals surface area contributed by atoms with Gasteiger partial charge in [0.1, 0.15) is 11.5 Å². The van der Waals surface area contributed by atoms with Crippen molar-refractivity contribution in [2.45, 2.75) is 19.9 Å². The van der Waals surface area contributed by atoms with Crippen LogP contribution < -0.4 is 10.6 Å². The van der Waals surface area contributed by atoms with E-state index in [0.717, 1.165) is 18.5 Å². The van der Waals surface area contributed by atoms with Crippen LogP contribution in [0.4, 0.5) is 5.82 Å². The summed E-state index contributed by atoms with van der Waals surface area (Å²) in [5, 5.41) is 10.3. The second-order valence-electron chi connectivity index (χ2n) is 4.66. The van der Waals surface area contributed by atoms with Gasteiger partial charge in [0.15, 0.2) is 0 Å². The normalized spacial score (nSPS) is 10.4. The molecule has 2 N–H and O–H groups in total. The summed E-state index contributed by atoms with van der Waals surface area (Å²) in [6.45, 7) is 3.24. The first kappa shape index (κ1) is 15.3. The molecule has 0 spiro atoms. The number of anilines is 1. The van der Waals surface area contributed by atoms with Gasteiger partial charge < -0.3 is 10.6 Å². The molecule has 0 saturated heterocycles. The molecule has 7 heteroatoms. The summed E-state index contributed by atoms with van der Waals surface area (Å²) in [6, 6.07) is 3.43. The number of nitrogens with one attached hydrogen (secondary N) is 2. The highest BCUT2D eigenvalue weighted by Crippen LogP contribution is 2.16. The molecule has 0 unspecified atom stereocenters. The Morgan fingerprint density at radius 3 is 2.90 bits per heavy atom. The zero-order chi connectivity index (χ0) is 15.2. The predicted molar refractivity (Wildman–Crippen MR) is 82.4 cm³/mol. The average molecular weight is 308 g/mol. The van der Waals surface area contributed by atoms with Crippen molar-refractivity contribution in [2.24, 2.45) is 7.05 Å². The lowest BCUT2D eigenvalue weighted by Crippen LogP contribution is -2.24. The highest BCUT2D eigenvalue weighted by Gasteiger charge is 2.13. The van der Waals surface area contributed by atoms with E-state index in [2.05, 4.69) is 27.6 Å². The number of pyridine rings is 1. The van der Waals surface area contributed by atoms with E-state index in [1.54, 1.807) is 23.0 Å². The van der Waals surface area contributed by atoms with Crippen molar-refractivity contribution in [2.75, 3.05) is 11.9 Å². The Morgan fingerprint density at radius 2 is 2.24 bits per heavy atom. The third-order valence-electron chi connectivity index (χ3n) is 2.83. The Kier molecular flexibility index (Phi) is 5.16. The topological polar surface area (TPSA) is 71.8 Å². The van der Waals surface area contributed by atoms with Gasteiger partial charge in [-0.15, -0.1) is 0 Å². The number of amides is 1. The Labute approximate surface area is 128 Å². The van der Waals surface area contributed by atoms with Gasteiger partial charge in [0.05, 0.1) is 11.2 Å². The van der Waals surface area contributed by atoms with Crippen LogP contribution in [-0.2, 0) is 13.6 Å².